The molecule has 142 valence electrons. The number of aromatic nitrogens is 2. The highest BCUT2D eigenvalue weighted by atomic mass is 16.1. The van der Waals surface area contributed by atoms with Gasteiger partial charge in [-0.05, 0) is 31.0 Å². The van der Waals surface area contributed by atoms with Gasteiger partial charge in [0, 0.05) is 44.1 Å². The summed E-state index contributed by atoms with van der Waals surface area (Å²) < 4.78 is 0. The first-order chi connectivity index (χ1) is 13.3. The number of nitrogens with zero attached hydrogens (tertiary/aromatic N) is 4. The second-order valence-electron chi connectivity index (χ2n) is 7.36. The van der Waals surface area contributed by atoms with E-state index in [4.69, 9.17) is 0 Å². The normalized spacial score (nSPS) is 18.4. The van der Waals surface area contributed by atoms with Crippen molar-refractivity contribution in [1.29, 1.82) is 0 Å². The van der Waals surface area contributed by atoms with E-state index < -0.39 is 0 Å². The Kier molecular flexibility index (Phi) is 5.51. The average Bonchev–Trinajstić information content (AvgIpc) is 2.75. The van der Waals surface area contributed by atoms with Gasteiger partial charge in [0.2, 0.25) is 5.95 Å². The Balaban J connectivity index is 1.37. The van der Waals surface area contributed by atoms with Crippen molar-refractivity contribution >= 4 is 17.5 Å². The van der Waals surface area contributed by atoms with Crippen LogP contribution in [0.3, 0.4) is 0 Å². The van der Waals surface area contributed by atoms with Crippen molar-refractivity contribution in [1.82, 2.24) is 15.3 Å². The predicted octanol–water partition coefficient (Wildman–Crippen LogP) is 2.87. The van der Waals surface area contributed by atoms with Crippen LogP contribution in [-0.2, 0) is 0 Å². The highest BCUT2D eigenvalue weighted by Crippen LogP contribution is 2.19. The first-order valence-electron chi connectivity index (χ1n) is 9.98. The van der Waals surface area contributed by atoms with Crippen molar-refractivity contribution < 1.29 is 4.79 Å². The van der Waals surface area contributed by atoms with Crippen LogP contribution in [-0.4, -0.2) is 48.1 Å². The van der Waals surface area contributed by atoms with E-state index in [0.717, 1.165) is 39.0 Å². The van der Waals surface area contributed by atoms with Crippen LogP contribution in [0.5, 0.6) is 0 Å². The molecule has 2 aromatic rings. The molecule has 4 rings (SSSR count). The topological polar surface area (TPSA) is 61.4 Å². The minimum Gasteiger partial charge on any atom is -0.368 e. The van der Waals surface area contributed by atoms with E-state index in [1.54, 1.807) is 12.3 Å². The molecule has 1 aromatic heterocycles. The number of benzene rings is 1. The van der Waals surface area contributed by atoms with Gasteiger partial charge in [-0.2, -0.15) is 0 Å². The van der Waals surface area contributed by atoms with Gasteiger partial charge in [-0.25, -0.2) is 9.97 Å². The van der Waals surface area contributed by atoms with Crippen molar-refractivity contribution in [2.45, 2.75) is 38.1 Å². The molecule has 1 saturated heterocycles. The van der Waals surface area contributed by atoms with Gasteiger partial charge >= 0.3 is 0 Å². The van der Waals surface area contributed by atoms with Crippen molar-refractivity contribution in [3.8, 4) is 0 Å². The quantitative estimate of drug-likeness (QED) is 0.903. The molecule has 1 aromatic carbocycles. The van der Waals surface area contributed by atoms with E-state index in [1.807, 2.05) is 6.07 Å². The third kappa shape index (κ3) is 4.38. The van der Waals surface area contributed by atoms with Crippen LogP contribution in [0, 0.1) is 0 Å². The van der Waals surface area contributed by atoms with E-state index in [1.165, 1.54) is 24.9 Å². The Morgan fingerprint density at radius 3 is 2.37 bits per heavy atom. The van der Waals surface area contributed by atoms with Crippen molar-refractivity contribution in [3.63, 3.8) is 0 Å². The van der Waals surface area contributed by atoms with Crippen LogP contribution >= 0.6 is 0 Å². The molecule has 1 amide bonds. The van der Waals surface area contributed by atoms with Crippen LogP contribution in [0.25, 0.3) is 0 Å². The molecule has 0 spiro atoms. The van der Waals surface area contributed by atoms with Crippen molar-refractivity contribution in [2.24, 2.45) is 0 Å². The van der Waals surface area contributed by atoms with E-state index in [2.05, 4.69) is 49.4 Å². The lowest BCUT2D eigenvalue weighted by atomic mass is 9.95. The number of carbonyl (C=O) groups excluding carboxylic acids is 1. The molecule has 1 aliphatic heterocycles. The van der Waals surface area contributed by atoms with Crippen molar-refractivity contribution in [3.05, 3.63) is 48.3 Å². The number of amides is 1. The third-order valence-electron chi connectivity index (χ3n) is 5.50. The molecule has 1 aliphatic carbocycles. The van der Waals surface area contributed by atoms with Crippen LogP contribution in [0.1, 0.15) is 42.6 Å². The standard InChI is InChI=1S/C21H27N5O/c27-20(23-17-7-3-1-4-8-17)19-11-12-22-21(24-19)26-15-13-25(14-16-26)18-9-5-2-6-10-18/h2,5-6,9-12,17H,1,3-4,7-8,13-16H2,(H,23,27). The highest BCUT2D eigenvalue weighted by molar-refractivity contribution is 5.92. The fraction of sp³-hybridized carbons (Fsp3) is 0.476. The van der Waals surface area contributed by atoms with Crippen LogP contribution in [0.2, 0.25) is 0 Å². The van der Waals surface area contributed by atoms with Crippen LogP contribution < -0.4 is 15.1 Å². The number of anilines is 2. The molecule has 27 heavy (non-hydrogen) atoms. The van der Waals surface area contributed by atoms with E-state index in [0.29, 0.717) is 17.7 Å². The maximum Gasteiger partial charge on any atom is 0.270 e. The smallest absolute Gasteiger partial charge is 0.270 e. The molecule has 2 fully saturated rings. The summed E-state index contributed by atoms with van der Waals surface area (Å²) in [5.41, 5.74) is 1.72. The van der Waals surface area contributed by atoms with E-state index in [9.17, 15) is 4.79 Å². The van der Waals surface area contributed by atoms with Crippen LogP contribution in [0.4, 0.5) is 11.6 Å². The average molecular weight is 365 g/mol. The molecular formula is C21H27N5O. The number of para-hydroxylation sites is 1. The number of rotatable bonds is 4. The fourth-order valence-corrected chi connectivity index (χ4v) is 3.94. The number of nitrogens with one attached hydrogen (secondary N) is 1. The Morgan fingerprint density at radius 1 is 0.926 bits per heavy atom. The summed E-state index contributed by atoms with van der Waals surface area (Å²) in [6, 6.07) is 12.5. The summed E-state index contributed by atoms with van der Waals surface area (Å²) >= 11 is 0. The lowest BCUT2D eigenvalue weighted by Gasteiger charge is -2.36. The molecule has 1 N–H and O–H groups in total. The summed E-state index contributed by atoms with van der Waals surface area (Å²) in [4.78, 5) is 26.0. The largest absolute Gasteiger partial charge is 0.368 e. The molecule has 1 saturated carbocycles. The van der Waals surface area contributed by atoms with E-state index in [-0.39, 0.29) is 5.91 Å². The second-order valence-corrected chi connectivity index (χ2v) is 7.36. The van der Waals surface area contributed by atoms with Crippen molar-refractivity contribution in [2.75, 3.05) is 36.0 Å². The van der Waals surface area contributed by atoms with Gasteiger partial charge in [0.05, 0.1) is 0 Å². The first kappa shape index (κ1) is 17.8. The molecule has 2 heterocycles. The molecule has 6 nitrogen and oxygen atoms in total. The first-order valence-corrected chi connectivity index (χ1v) is 9.98. The van der Waals surface area contributed by atoms with Gasteiger partial charge in [-0.3, -0.25) is 4.79 Å². The monoisotopic (exact) mass is 365 g/mol. The molecule has 0 unspecified atom stereocenters. The zero-order valence-corrected chi connectivity index (χ0v) is 15.7. The number of carbonyl (C=O) groups is 1. The zero-order chi connectivity index (χ0) is 18.5. The summed E-state index contributed by atoms with van der Waals surface area (Å²) in [6.45, 7) is 3.54. The maximum absolute atomic E-state index is 12.6. The summed E-state index contributed by atoms with van der Waals surface area (Å²) in [5.74, 6) is 0.576. The second kappa shape index (κ2) is 8.37. The molecule has 0 radical (unpaired) electrons. The lowest BCUT2D eigenvalue weighted by Crippen LogP contribution is -2.47. The van der Waals surface area contributed by atoms with Gasteiger partial charge in [0.25, 0.3) is 5.91 Å². The molecule has 0 bridgehead atoms. The predicted molar refractivity (Wildman–Crippen MR) is 107 cm³/mol. The van der Waals surface area contributed by atoms with Gasteiger partial charge in [0.1, 0.15) is 5.69 Å². The Hall–Kier alpha value is -2.63. The molecule has 6 heteroatoms. The van der Waals surface area contributed by atoms with E-state index >= 15 is 0 Å². The van der Waals surface area contributed by atoms with Crippen LogP contribution in [0.15, 0.2) is 42.6 Å². The maximum atomic E-state index is 12.6. The fourth-order valence-electron chi connectivity index (χ4n) is 3.94. The van der Waals surface area contributed by atoms with Gasteiger partial charge in [0.15, 0.2) is 0 Å². The van der Waals surface area contributed by atoms with Gasteiger partial charge in [-0.1, -0.05) is 37.5 Å². The minimum absolute atomic E-state index is 0.0755. The summed E-state index contributed by atoms with van der Waals surface area (Å²) in [7, 11) is 0. The summed E-state index contributed by atoms with van der Waals surface area (Å²) in [5, 5.41) is 3.14. The third-order valence-corrected chi connectivity index (χ3v) is 5.50. The molecule has 0 atom stereocenters. The number of hydrogen-bond donors (Lipinski definition) is 1. The number of piperazine rings is 1. The SMILES string of the molecule is O=C(NC1CCCCC1)c1ccnc(N2CCN(c3ccccc3)CC2)n1. The molecular weight excluding hydrogens is 338 g/mol. The Morgan fingerprint density at radius 2 is 1.63 bits per heavy atom. The Labute approximate surface area is 160 Å². The Bertz CT molecular complexity index is 752. The number of hydrogen-bond acceptors (Lipinski definition) is 5. The molecule has 2 aliphatic rings. The minimum atomic E-state index is -0.0755. The summed E-state index contributed by atoms with van der Waals surface area (Å²) in [6.07, 6.45) is 7.52. The zero-order valence-electron chi connectivity index (χ0n) is 15.7. The van der Waals surface area contributed by atoms with Gasteiger partial charge < -0.3 is 15.1 Å². The van der Waals surface area contributed by atoms with Gasteiger partial charge in [-0.15, -0.1) is 0 Å². The highest BCUT2D eigenvalue weighted by Gasteiger charge is 2.21. The lowest BCUT2D eigenvalue weighted by molar-refractivity contribution is 0.0922.